The van der Waals surface area contributed by atoms with Gasteiger partial charge < -0.3 is 10.5 Å². The van der Waals surface area contributed by atoms with Crippen LogP contribution in [0.2, 0.25) is 0 Å². The molecule has 0 unspecified atom stereocenters. The molecular formula is C13H25NO2. The molecule has 2 atom stereocenters. The summed E-state index contributed by atoms with van der Waals surface area (Å²) in [4.78, 5) is 11.5. The predicted octanol–water partition coefficient (Wildman–Crippen LogP) is 2.48. The van der Waals surface area contributed by atoms with E-state index in [0.717, 1.165) is 12.8 Å². The normalized spacial score (nSPS) is 26.5. The van der Waals surface area contributed by atoms with Gasteiger partial charge in [-0.1, -0.05) is 33.6 Å². The molecule has 16 heavy (non-hydrogen) atoms. The third-order valence-electron chi connectivity index (χ3n) is 3.10. The van der Waals surface area contributed by atoms with Gasteiger partial charge in [0.05, 0.1) is 13.0 Å². The summed E-state index contributed by atoms with van der Waals surface area (Å²) in [6.07, 6.45) is 5.09. The lowest BCUT2D eigenvalue weighted by Gasteiger charge is -2.28. The molecule has 0 spiro atoms. The summed E-state index contributed by atoms with van der Waals surface area (Å²) in [6, 6.07) is 0.219. The predicted molar refractivity (Wildman–Crippen MR) is 65.0 cm³/mol. The first kappa shape index (κ1) is 13.5. The van der Waals surface area contributed by atoms with E-state index in [1.807, 2.05) is 20.8 Å². The third-order valence-corrected chi connectivity index (χ3v) is 3.10. The average molecular weight is 227 g/mol. The van der Waals surface area contributed by atoms with E-state index in [1.165, 1.54) is 12.8 Å². The van der Waals surface area contributed by atoms with Crippen molar-refractivity contribution in [2.45, 2.75) is 58.9 Å². The molecule has 1 aliphatic carbocycles. The zero-order valence-corrected chi connectivity index (χ0v) is 10.8. The summed E-state index contributed by atoms with van der Waals surface area (Å²) in [7, 11) is 0. The molecule has 3 nitrogen and oxygen atoms in total. The second kappa shape index (κ2) is 5.67. The molecule has 0 radical (unpaired) electrons. The molecule has 0 bridgehead atoms. The van der Waals surface area contributed by atoms with Crippen LogP contribution in [0, 0.1) is 11.3 Å². The summed E-state index contributed by atoms with van der Waals surface area (Å²) >= 11 is 0. The minimum absolute atomic E-state index is 0.00572. The summed E-state index contributed by atoms with van der Waals surface area (Å²) in [6.45, 7) is 6.64. The molecular weight excluding hydrogens is 202 g/mol. The maximum absolute atomic E-state index is 11.5. The van der Waals surface area contributed by atoms with E-state index in [2.05, 4.69) is 0 Å². The Morgan fingerprint density at radius 2 is 1.94 bits per heavy atom. The number of rotatable bonds is 3. The van der Waals surface area contributed by atoms with E-state index in [4.69, 9.17) is 10.5 Å². The summed E-state index contributed by atoms with van der Waals surface area (Å²) < 4.78 is 5.31. The van der Waals surface area contributed by atoms with Crippen molar-refractivity contribution >= 4 is 5.97 Å². The van der Waals surface area contributed by atoms with Gasteiger partial charge in [-0.05, 0) is 18.3 Å². The SMILES string of the molecule is CC(C)(C)CC(=O)OC[C@@H]1CCCC[C@H]1N. The van der Waals surface area contributed by atoms with Crippen LogP contribution in [0.1, 0.15) is 52.9 Å². The van der Waals surface area contributed by atoms with Gasteiger partial charge in [0, 0.05) is 12.0 Å². The van der Waals surface area contributed by atoms with E-state index in [9.17, 15) is 4.79 Å². The van der Waals surface area contributed by atoms with Gasteiger partial charge in [0.2, 0.25) is 0 Å². The number of ether oxygens (including phenoxy) is 1. The van der Waals surface area contributed by atoms with Crippen LogP contribution < -0.4 is 5.73 Å². The largest absolute Gasteiger partial charge is 0.465 e. The van der Waals surface area contributed by atoms with Gasteiger partial charge in [-0.3, -0.25) is 4.79 Å². The highest BCUT2D eigenvalue weighted by molar-refractivity contribution is 5.70. The quantitative estimate of drug-likeness (QED) is 0.754. The van der Waals surface area contributed by atoms with Gasteiger partial charge in [-0.25, -0.2) is 0 Å². The van der Waals surface area contributed by atoms with Crippen molar-refractivity contribution in [1.29, 1.82) is 0 Å². The van der Waals surface area contributed by atoms with Crippen molar-refractivity contribution in [3.8, 4) is 0 Å². The zero-order chi connectivity index (χ0) is 12.2. The average Bonchev–Trinajstić information content (AvgIpc) is 2.14. The van der Waals surface area contributed by atoms with Crippen molar-refractivity contribution in [3.63, 3.8) is 0 Å². The molecule has 94 valence electrons. The first-order valence-electron chi connectivity index (χ1n) is 6.30. The number of hydrogen-bond acceptors (Lipinski definition) is 3. The molecule has 0 aromatic heterocycles. The molecule has 3 heteroatoms. The Morgan fingerprint density at radius 3 is 2.50 bits per heavy atom. The first-order chi connectivity index (χ1) is 7.38. The van der Waals surface area contributed by atoms with E-state index in [-0.39, 0.29) is 17.4 Å². The van der Waals surface area contributed by atoms with Crippen LogP contribution in [0.5, 0.6) is 0 Å². The third kappa shape index (κ3) is 4.97. The lowest BCUT2D eigenvalue weighted by atomic mass is 9.86. The fraction of sp³-hybridized carbons (Fsp3) is 0.923. The highest BCUT2D eigenvalue weighted by Crippen LogP contribution is 2.24. The van der Waals surface area contributed by atoms with E-state index >= 15 is 0 Å². The highest BCUT2D eigenvalue weighted by atomic mass is 16.5. The van der Waals surface area contributed by atoms with Crippen molar-refractivity contribution in [2.24, 2.45) is 17.1 Å². The van der Waals surface area contributed by atoms with Crippen molar-refractivity contribution < 1.29 is 9.53 Å². The van der Waals surface area contributed by atoms with Gasteiger partial charge in [0.1, 0.15) is 0 Å². The van der Waals surface area contributed by atoms with Crippen LogP contribution in [0.25, 0.3) is 0 Å². The van der Waals surface area contributed by atoms with Crippen molar-refractivity contribution in [3.05, 3.63) is 0 Å². The topological polar surface area (TPSA) is 52.3 Å². The van der Waals surface area contributed by atoms with Crippen molar-refractivity contribution in [2.75, 3.05) is 6.61 Å². The summed E-state index contributed by atoms with van der Waals surface area (Å²) in [5, 5.41) is 0. The molecule has 0 saturated heterocycles. The molecule has 1 aliphatic rings. The van der Waals surface area contributed by atoms with Gasteiger partial charge in [-0.2, -0.15) is 0 Å². The van der Waals surface area contributed by atoms with Gasteiger partial charge in [0.25, 0.3) is 0 Å². The fourth-order valence-corrected chi connectivity index (χ4v) is 2.13. The maximum Gasteiger partial charge on any atom is 0.306 e. The second-order valence-corrected chi connectivity index (χ2v) is 6.13. The molecule has 0 amide bonds. The lowest BCUT2D eigenvalue weighted by molar-refractivity contribution is -0.147. The number of carbonyl (C=O) groups excluding carboxylic acids is 1. The highest BCUT2D eigenvalue weighted by Gasteiger charge is 2.24. The van der Waals surface area contributed by atoms with Crippen LogP contribution >= 0.6 is 0 Å². The van der Waals surface area contributed by atoms with Crippen LogP contribution in [-0.2, 0) is 9.53 Å². The Kier molecular flexibility index (Phi) is 4.78. The number of carbonyl (C=O) groups is 1. The van der Waals surface area contributed by atoms with Crippen molar-refractivity contribution in [1.82, 2.24) is 0 Å². The number of esters is 1. The van der Waals surface area contributed by atoms with E-state index < -0.39 is 0 Å². The Labute approximate surface area is 98.7 Å². The molecule has 0 aromatic rings. The molecule has 2 N–H and O–H groups in total. The van der Waals surface area contributed by atoms with Gasteiger partial charge in [-0.15, -0.1) is 0 Å². The zero-order valence-electron chi connectivity index (χ0n) is 10.8. The Morgan fingerprint density at radius 1 is 1.31 bits per heavy atom. The molecule has 0 heterocycles. The smallest absolute Gasteiger partial charge is 0.306 e. The van der Waals surface area contributed by atoms with Crippen LogP contribution in [0.15, 0.2) is 0 Å². The Bertz CT molecular complexity index is 233. The maximum atomic E-state index is 11.5. The van der Waals surface area contributed by atoms with Gasteiger partial charge in [0.15, 0.2) is 0 Å². The fourth-order valence-electron chi connectivity index (χ4n) is 2.13. The Hall–Kier alpha value is -0.570. The minimum Gasteiger partial charge on any atom is -0.465 e. The van der Waals surface area contributed by atoms with Crippen LogP contribution in [0.4, 0.5) is 0 Å². The molecule has 1 fully saturated rings. The Balaban J connectivity index is 2.25. The summed E-state index contributed by atoms with van der Waals surface area (Å²) in [5.41, 5.74) is 6.01. The minimum atomic E-state index is -0.0923. The lowest BCUT2D eigenvalue weighted by Crippen LogP contribution is -2.36. The van der Waals surface area contributed by atoms with Crippen LogP contribution in [-0.4, -0.2) is 18.6 Å². The first-order valence-corrected chi connectivity index (χ1v) is 6.30. The van der Waals surface area contributed by atoms with Crippen LogP contribution in [0.3, 0.4) is 0 Å². The second-order valence-electron chi connectivity index (χ2n) is 6.13. The van der Waals surface area contributed by atoms with E-state index in [0.29, 0.717) is 18.9 Å². The monoisotopic (exact) mass is 227 g/mol. The summed E-state index contributed by atoms with van der Waals surface area (Å²) in [5.74, 6) is 0.281. The molecule has 0 aromatic carbocycles. The molecule has 0 aliphatic heterocycles. The molecule has 1 saturated carbocycles. The number of nitrogens with two attached hydrogens (primary N) is 1. The van der Waals surface area contributed by atoms with Gasteiger partial charge >= 0.3 is 5.97 Å². The standard InChI is InChI=1S/C13H25NO2/c1-13(2,3)8-12(15)16-9-10-6-4-5-7-11(10)14/h10-11H,4-9,14H2,1-3H3/t10-,11+/m0/s1. The van der Waals surface area contributed by atoms with E-state index in [1.54, 1.807) is 0 Å². The molecule has 1 rings (SSSR count). The number of hydrogen-bond donors (Lipinski definition) is 1.